The van der Waals surface area contributed by atoms with Crippen molar-refractivity contribution in [2.24, 2.45) is 0 Å². The molecular weight excluding hydrogens is 222 g/mol. The first-order valence-corrected chi connectivity index (χ1v) is 7.83. The predicted molar refractivity (Wildman–Crippen MR) is 78.0 cm³/mol. The second-order valence-corrected chi connectivity index (χ2v) is 6.31. The summed E-state index contributed by atoms with van der Waals surface area (Å²) in [6, 6.07) is 2.33. The maximum Gasteiger partial charge on any atom is 0.0235 e. The van der Waals surface area contributed by atoms with Gasteiger partial charge in [-0.3, -0.25) is 9.80 Å². The normalized spacial score (nSPS) is 32.8. The van der Waals surface area contributed by atoms with Crippen molar-refractivity contribution < 1.29 is 0 Å². The fourth-order valence-electron chi connectivity index (χ4n) is 3.65. The molecular formula is C15H31N3. The average Bonchev–Trinajstić information content (AvgIpc) is 2.41. The van der Waals surface area contributed by atoms with Gasteiger partial charge in [0, 0.05) is 31.2 Å². The van der Waals surface area contributed by atoms with Gasteiger partial charge in [-0.25, -0.2) is 0 Å². The van der Waals surface area contributed by atoms with Gasteiger partial charge < -0.3 is 5.32 Å². The van der Waals surface area contributed by atoms with Crippen LogP contribution in [0.25, 0.3) is 0 Å². The zero-order valence-corrected chi connectivity index (χ0v) is 12.5. The fraction of sp³-hybridized carbons (Fsp3) is 1.00. The molecule has 1 aliphatic heterocycles. The molecule has 106 valence electrons. The van der Waals surface area contributed by atoms with E-state index in [-0.39, 0.29) is 0 Å². The third-order valence-corrected chi connectivity index (χ3v) is 5.03. The quantitative estimate of drug-likeness (QED) is 0.826. The molecule has 0 aromatic carbocycles. The monoisotopic (exact) mass is 253 g/mol. The van der Waals surface area contributed by atoms with E-state index in [9.17, 15) is 0 Å². The number of piperazine rings is 1. The molecule has 2 atom stereocenters. The first kappa shape index (κ1) is 14.3. The van der Waals surface area contributed by atoms with E-state index in [0.717, 1.165) is 18.6 Å². The summed E-state index contributed by atoms with van der Waals surface area (Å²) in [5.74, 6) is 0. The maximum atomic E-state index is 3.30. The first-order valence-electron chi connectivity index (χ1n) is 7.83. The molecule has 0 aromatic heterocycles. The van der Waals surface area contributed by atoms with Gasteiger partial charge >= 0.3 is 0 Å². The van der Waals surface area contributed by atoms with Gasteiger partial charge in [-0.15, -0.1) is 0 Å². The molecule has 2 aliphatic rings. The highest BCUT2D eigenvalue weighted by atomic mass is 15.3. The van der Waals surface area contributed by atoms with Crippen LogP contribution >= 0.6 is 0 Å². The highest BCUT2D eigenvalue weighted by Gasteiger charge is 2.32. The summed E-state index contributed by atoms with van der Waals surface area (Å²) >= 11 is 0. The largest absolute Gasteiger partial charge is 0.320 e. The van der Waals surface area contributed by atoms with Crippen LogP contribution in [0.4, 0.5) is 0 Å². The molecule has 1 heterocycles. The average molecular weight is 253 g/mol. The van der Waals surface area contributed by atoms with Crippen LogP contribution in [0.2, 0.25) is 0 Å². The van der Waals surface area contributed by atoms with Crippen LogP contribution < -0.4 is 5.32 Å². The maximum absolute atomic E-state index is 3.30. The number of nitrogens with zero attached hydrogens (tertiary/aromatic N) is 2. The minimum absolute atomic E-state index is 0.711. The Morgan fingerprint density at radius 2 is 1.83 bits per heavy atom. The Hall–Kier alpha value is -0.120. The van der Waals surface area contributed by atoms with Crippen molar-refractivity contribution in [1.82, 2.24) is 15.1 Å². The van der Waals surface area contributed by atoms with Crippen molar-refractivity contribution in [2.75, 3.05) is 33.7 Å². The van der Waals surface area contributed by atoms with Gasteiger partial charge in [0.1, 0.15) is 0 Å². The second kappa shape index (κ2) is 6.88. The van der Waals surface area contributed by atoms with E-state index in [4.69, 9.17) is 0 Å². The van der Waals surface area contributed by atoms with Crippen molar-refractivity contribution in [3.05, 3.63) is 0 Å². The van der Waals surface area contributed by atoms with Crippen molar-refractivity contribution in [2.45, 2.75) is 63.6 Å². The molecule has 1 saturated carbocycles. The smallest absolute Gasteiger partial charge is 0.0235 e. The lowest BCUT2D eigenvalue weighted by atomic mass is 9.92. The summed E-state index contributed by atoms with van der Waals surface area (Å²) in [6.45, 7) is 6.09. The van der Waals surface area contributed by atoms with Gasteiger partial charge in [-0.2, -0.15) is 0 Å². The van der Waals surface area contributed by atoms with Crippen molar-refractivity contribution in [3.63, 3.8) is 0 Å². The Kier molecular flexibility index (Phi) is 5.46. The molecule has 2 rings (SSSR count). The zero-order chi connectivity index (χ0) is 13.0. The van der Waals surface area contributed by atoms with Gasteiger partial charge in [0.15, 0.2) is 0 Å². The molecule has 0 aromatic rings. The Balaban J connectivity index is 1.91. The van der Waals surface area contributed by atoms with E-state index in [2.05, 4.69) is 36.1 Å². The van der Waals surface area contributed by atoms with Crippen LogP contribution in [0.15, 0.2) is 0 Å². The number of nitrogens with one attached hydrogen (secondary N) is 1. The van der Waals surface area contributed by atoms with E-state index in [1.165, 1.54) is 51.6 Å². The SMILES string of the molecule is CNCCC1CN(C2CCCCC2)CC(C)N1C. The predicted octanol–water partition coefficient (Wildman–Crippen LogP) is 1.93. The molecule has 3 nitrogen and oxygen atoms in total. The lowest BCUT2D eigenvalue weighted by Gasteiger charge is -2.47. The van der Waals surface area contributed by atoms with E-state index in [1.54, 1.807) is 0 Å². The van der Waals surface area contributed by atoms with Crippen molar-refractivity contribution >= 4 is 0 Å². The highest BCUT2D eigenvalue weighted by Crippen LogP contribution is 2.26. The number of hydrogen-bond acceptors (Lipinski definition) is 3. The number of likely N-dealkylation sites (N-methyl/N-ethyl adjacent to an activating group) is 1. The Morgan fingerprint density at radius 3 is 2.50 bits per heavy atom. The second-order valence-electron chi connectivity index (χ2n) is 6.31. The number of rotatable bonds is 4. The molecule has 1 N–H and O–H groups in total. The van der Waals surface area contributed by atoms with E-state index in [0.29, 0.717) is 6.04 Å². The summed E-state index contributed by atoms with van der Waals surface area (Å²) in [6.07, 6.45) is 8.52. The van der Waals surface area contributed by atoms with Gasteiger partial charge in [-0.05, 0) is 46.8 Å². The Morgan fingerprint density at radius 1 is 1.11 bits per heavy atom. The molecule has 18 heavy (non-hydrogen) atoms. The molecule has 1 aliphatic carbocycles. The minimum Gasteiger partial charge on any atom is -0.320 e. The van der Waals surface area contributed by atoms with E-state index in [1.807, 2.05) is 0 Å². The van der Waals surface area contributed by atoms with Crippen molar-refractivity contribution in [1.29, 1.82) is 0 Å². The standard InChI is InChI=1S/C15H31N3/c1-13-11-18(14-7-5-4-6-8-14)12-15(17(13)3)9-10-16-2/h13-16H,4-12H2,1-3H3. The van der Waals surface area contributed by atoms with E-state index < -0.39 is 0 Å². The molecule has 0 radical (unpaired) electrons. The van der Waals surface area contributed by atoms with Gasteiger partial charge in [0.05, 0.1) is 0 Å². The van der Waals surface area contributed by atoms with Gasteiger partial charge in [0.25, 0.3) is 0 Å². The van der Waals surface area contributed by atoms with Crippen LogP contribution in [-0.4, -0.2) is 61.7 Å². The molecule has 2 fully saturated rings. The summed E-state index contributed by atoms with van der Waals surface area (Å²) < 4.78 is 0. The van der Waals surface area contributed by atoms with Crippen LogP contribution in [0.1, 0.15) is 45.4 Å². The fourth-order valence-corrected chi connectivity index (χ4v) is 3.65. The summed E-state index contributed by atoms with van der Waals surface area (Å²) in [7, 11) is 4.37. The third-order valence-electron chi connectivity index (χ3n) is 5.03. The van der Waals surface area contributed by atoms with Crippen LogP contribution in [0.3, 0.4) is 0 Å². The molecule has 1 saturated heterocycles. The topological polar surface area (TPSA) is 18.5 Å². The van der Waals surface area contributed by atoms with Crippen LogP contribution in [-0.2, 0) is 0 Å². The summed E-state index contributed by atoms with van der Waals surface area (Å²) in [5, 5.41) is 3.30. The molecule has 0 amide bonds. The van der Waals surface area contributed by atoms with E-state index >= 15 is 0 Å². The number of hydrogen-bond donors (Lipinski definition) is 1. The summed E-state index contributed by atoms with van der Waals surface area (Å²) in [5.41, 5.74) is 0. The molecule has 3 heteroatoms. The highest BCUT2D eigenvalue weighted by molar-refractivity contribution is 4.89. The molecule has 0 spiro atoms. The minimum atomic E-state index is 0.711. The third kappa shape index (κ3) is 3.46. The van der Waals surface area contributed by atoms with Gasteiger partial charge in [0.2, 0.25) is 0 Å². The van der Waals surface area contributed by atoms with Crippen LogP contribution in [0.5, 0.6) is 0 Å². The van der Waals surface area contributed by atoms with Crippen molar-refractivity contribution in [3.8, 4) is 0 Å². The first-order chi connectivity index (χ1) is 8.72. The Labute approximate surface area is 113 Å². The van der Waals surface area contributed by atoms with Gasteiger partial charge in [-0.1, -0.05) is 19.3 Å². The lowest BCUT2D eigenvalue weighted by molar-refractivity contribution is 0.0139. The molecule has 0 bridgehead atoms. The summed E-state index contributed by atoms with van der Waals surface area (Å²) in [4.78, 5) is 5.39. The Bertz CT molecular complexity index is 238. The molecule has 2 unspecified atom stereocenters. The lowest BCUT2D eigenvalue weighted by Crippen LogP contribution is -2.59. The van der Waals surface area contributed by atoms with Crippen LogP contribution in [0, 0.1) is 0 Å². The zero-order valence-electron chi connectivity index (χ0n) is 12.5.